The summed E-state index contributed by atoms with van der Waals surface area (Å²) in [4.78, 5) is 27.0. The van der Waals surface area contributed by atoms with E-state index < -0.39 is 0 Å². The van der Waals surface area contributed by atoms with E-state index in [0.717, 1.165) is 16.9 Å². The molecule has 0 spiro atoms. The Morgan fingerprint density at radius 2 is 1.84 bits per heavy atom. The van der Waals surface area contributed by atoms with Gasteiger partial charge in [-0.15, -0.1) is 11.8 Å². The molecule has 1 N–H and O–H groups in total. The normalized spacial score (nSPS) is 15.7. The quantitative estimate of drug-likeness (QED) is 0.564. The van der Waals surface area contributed by atoms with Crippen molar-refractivity contribution in [2.45, 2.75) is 18.8 Å². The van der Waals surface area contributed by atoms with Gasteiger partial charge in [0.15, 0.2) is 0 Å². The Labute approximate surface area is 186 Å². The first kappa shape index (κ1) is 21.0. The molecule has 1 aliphatic rings. The van der Waals surface area contributed by atoms with Crippen LogP contribution in [0.1, 0.15) is 33.8 Å². The molecule has 3 aromatic carbocycles. The molecule has 1 heterocycles. The number of anilines is 1. The van der Waals surface area contributed by atoms with E-state index in [-0.39, 0.29) is 17.2 Å². The Bertz CT molecular complexity index is 1050. The van der Waals surface area contributed by atoms with Crippen LogP contribution in [0.5, 0.6) is 5.75 Å². The van der Waals surface area contributed by atoms with E-state index in [0.29, 0.717) is 30.2 Å². The van der Waals surface area contributed by atoms with E-state index in [4.69, 9.17) is 4.74 Å². The molecule has 4 rings (SSSR count). The monoisotopic (exact) mass is 432 g/mol. The fraction of sp³-hybridized carbons (Fsp3) is 0.200. The molecule has 0 saturated carbocycles. The molecule has 1 atom stereocenters. The van der Waals surface area contributed by atoms with Gasteiger partial charge in [0.05, 0.1) is 12.4 Å². The molecular weight excluding hydrogens is 408 g/mol. The van der Waals surface area contributed by atoms with E-state index >= 15 is 0 Å². The minimum atomic E-state index is -0.184. The predicted octanol–water partition coefficient (Wildman–Crippen LogP) is 5.11. The Kier molecular flexibility index (Phi) is 6.57. The van der Waals surface area contributed by atoms with Crippen LogP contribution in [0.15, 0.2) is 78.9 Å². The molecule has 5 nitrogen and oxygen atoms in total. The van der Waals surface area contributed by atoms with Gasteiger partial charge in [0.25, 0.3) is 5.91 Å². The molecule has 3 aromatic rings. The number of rotatable bonds is 7. The van der Waals surface area contributed by atoms with Gasteiger partial charge in [0.1, 0.15) is 11.1 Å². The second kappa shape index (κ2) is 9.71. The number of benzene rings is 3. The van der Waals surface area contributed by atoms with Crippen LogP contribution in [0, 0.1) is 0 Å². The summed E-state index contributed by atoms with van der Waals surface area (Å²) in [5.74, 6) is 1.14. The molecular formula is C25H24N2O3S. The summed E-state index contributed by atoms with van der Waals surface area (Å²) in [6.07, 6.45) is 0. The lowest BCUT2D eigenvalue weighted by Crippen LogP contribution is -2.27. The third-order valence-electron chi connectivity index (χ3n) is 5.02. The van der Waals surface area contributed by atoms with Crippen molar-refractivity contribution >= 4 is 29.3 Å². The van der Waals surface area contributed by atoms with Gasteiger partial charge in [-0.05, 0) is 42.3 Å². The van der Waals surface area contributed by atoms with E-state index in [1.165, 1.54) is 0 Å². The Hall–Kier alpha value is -3.25. The number of hydrogen-bond donors (Lipinski definition) is 1. The van der Waals surface area contributed by atoms with Crippen molar-refractivity contribution < 1.29 is 14.3 Å². The SMILES string of the molecule is CCOc1cccc(NC(=O)c2ccc([C@H]3SCC(=O)N3Cc3ccccc3)cc2)c1. The average molecular weight is 433 g/mol. The maximum absolute atomic E-state index is 12.7. The summed E-state index contributed by atoms with van der Waals surface area (Å²) in [6, 6.07) is 24.8. The van der Waals surface area contributed by atoms with Crippen LogP contribution in [0.3, 0.4) is 0 Å². The topological polar surface area (TPSA) is 58.6 Å². The highest BCUT2D eigenvalue weighted by molar-refractivity contribution is 8.00. The van der Waals surface area contributed by atoms with Crippen molar-refractivity contribution in [1.82, 2.24) is 4.90 Å². The molecule has 0 radical (unpaired) electrons. The molecule has 2 amide bonds. The number of carbonyl (C=O) groups is 2. The third-order valence-corrected chi connectivity index (χ3v) is 6.28. The molecule has 158 valence electrons. The number of carbonyl (C=O) groups excluding carboxylic acids is 2. The standard InChI is InChI=1S/C25H24N2O3S/c1-2-30-22-10-6-9-21(15-22)26-24(29)19-11-13-20(14-12-19)25-27(23(28)17-31-25)16-18-7-4-3-5-8-18/h3-15,25H,2,16-17H2,1H3,(H,26,29)/t25-/m1/s1. The molecule has 1 fully saturated rings. The summed E-state index contributed by atoms with van der Waals surface area (Å²) < 4.78 is 5.48. The molecule has 31 heavy (non-hydrogen) atoms. The van der Waals surface area contributed by atoms with Gasteiger partial charge in [-0.25, -0.2) is 0 Å². The lowest BCUT2D eigenvalue weighted by atomic mass is 10.1. The summed E-state index contributed by atoms with van der Waals surface area (Å²) in [5.41, 5.74) is 3.37. The highest BCUT2D eigenvalue weighted by Gasteiger charge is 2.32. The van der Waals surface area contributed by atoms with Gasteiger partial charge in [-0.2, -0.15) is 0 Å². The maximum Gasteiger partial charge on any atom is 0.255 e. The zero-order valence-electron chi connectivity index (χ0n) is 17.3. The summed E-state index contributed by atoms with van der Waals surface area (Å²) in [6.45, 7) is 3.07. The van der Waals surface area contributed by atoms with Crippen molar-refractivity contribution in [3.8, 4) is 5.75 Å². The van der Waals surface area contributed by atoms with Crippen LogP contribution >= 0.6 is 11.8 Å². The molecule has 1 aliphatic heterocycles. The Morgan fingerprint density at radius 3 is 2.58 bits per heavy atom. The minimum absolute atomic E-state index is 0.0484. The molecule has 0 bridgehead atoms. The minimum Gasteiger partial charge on any atom is -0.494 e. The van der Waals surface area contributed by atoms with Gasteiger partial charge in [0, 0.05) is 23.9 Å². The number of ether oxygens (including phenoxy) is 1. The fourth-order valence-electron chi connectivity index (χ4n) is 3.51. The summed E-state index contributed by atoms with van der Waals surface area (Å²) >= 11 is 1.62. The molecule has 6 heteroatoms. The lowest BCUT2D eigenvalue weighted by molar-refractivity contribution is -0.128. The number of hydrogen-bond acceptors (Lipinski definition) is 4. The van der Waals surface area contributed by atoms with E-state index in [2.05, 4.69) is 5.32 Å². The number of thioether (sulfide) groups is 1. The van der Waals surface area contributed by atoms with Crippen molar-refractivity contribution in [3.05, 3.63) is 95.6 Å². The maximum atomic E-state index is 12.7. The Balaban J connectivity index is 1.45. The smallest absolute Gasteiger partial charge is 0.255 e. The summed E-state index contributed by atoms with van der Waals surface area (Å²) in [7, 11) is 0. The van der Waals surface area contributed by atoms with Crippen molar-refractivity contribution in [2.75, 3.05) is 17.7 Å². The van der Waals surface area contributed by atoms with Crippen LogP contribution in [0.4, 0.5) is 5.69 Å². The van der Waals surface area contributed by atoms with E-state index in [1.54, 1.807) is 30.0 Å². The van der Waals surface area contributed by atoms with E-state index in [1.807, 2.05) is 72.5 Å². The number of nitrogens with zero attached hydrogens (tertiary/aromatic N) is 1. The van der Waals surface area contributed by atoms with E-state index in [9.17, 15) is 9.59 Å². The molecule has 0 aromatic heterocycles. The highest BCUT2D eigenvalue weighted by atomic mass is 32.2. The fourth-order valence-corrected chi connectivity index (χ4v) is 4.70. The van der Waals surface area contributed by atoms with Gasteiger partial charge < -0.3 is 15.0 Å². The second-order valence-corrected chi connectivity index (χ2v) is 8.28. The summed E-state index contributed by atoms with van der Waals surface area (Å²) in [5, 5.41) is 2.86. The lowest BCUT2D eigenvalue weighted by Gasteiger charge is -2.24. The van der Waals surface area contributed by atoms with Gasteiger partial charge in [0.2, 0.25) is 5.91 Å². The van der Waals surface area contributed by atoms with Gasteiger partial charge >= 0.3 is 0 Å². The largest absolute Gasteiger partial charge is 0.494 e. The predicted molar refractivity (Wildman–Crippen MR) is 124 cm³/mol. The average Bonchev–Trinajstić information content (AvgIpc) is 3.15. The zero-order valence-corrected chi connectivity index (χ0v) is 18.1. The van der Waals surface area contributed by atoms with Gasteiger partial charge in [-0.3, -0.25) is 9.59 Å². The number of nitrogens with one attached hydrogen (secondary N) is 1. The first-order valence-electron chi connectivity index (χ1n) is 10.2. The van der Waals surface area contributed by atoms with Crippen LogP contribution in [-0.4, -0.2) is 29.1 Å². The van der Waals surface area contributed by atoms with Crippen LogP contribution < -0.4 is 10.1 Å². The van der Waals surface area contributed by atoms with Gasteiger partial charge in [-0.1, -0.05) is 48.5 Å². The van der Waals surface area contributed by atoms with Crippen molar-refractivity contribution in [1.29, 1.82) is 0 Å². The second-order valence-electron chi connectivity index (χ2n) is 7.21. The zero-order chi connectivity index (χ0) is 21.6. The first-order valence-corrected chi connectivity index (χ1v) is 11.3. The van der Waals surface area contributed by atoms with Crippen LogP contribution in [0.25, 0.3) is 0 Å². The number of amides is 2. The third kappa shape index (κ3) is 5.09. The molecule has 1 saturated heterocycles. The molecule has 0 unspecified atom stereocenters. The van der Waals surface area contributed by atoms with Crippen LogP contribution in [0.2, 0.25) is 0 Å². The van der Waals surface area contributed by atoms with Crippen molar-refractivity contribution in [2.24, 2.45) is 0 Å². The molecule has 0 aliphatic carbocycles. The van der Waals surface area contributed by atoms with Crippen molar-refractivity contribution in [3.63, 3.8) is 0 Å². The first-order chi connectivity index (χ1) is 15.1. The van der Waals surface area contributed by atoms with Crippen LogP contribution in [-0.2, 0) is 11.3 Å². The highest BCUT2D eigenvalue weighted by Crippen LogP contribution is 2.39. The Morgan fingerprint density at radius 1 is 1.06 bits per heavy atom.